The first kappa shape index (κ1) is 18.9. The van der Waals surface area contributed by atoms with E-state index in [9.17, 15) is 0 Å². The minimum atomic E-state index is 0.769. The summed E-state index contributed by atoms with van der Waals surface area (Å²) in [5.41, 5.74) is 0. The van der Waals surface area contributed by atoms with Crippen molar-refractivity contribution in [1.82, 2.24) is 5.32 Å². The first-order valence-electron chi connectivity index (χ1n) is 8.55. The molecule has 0 radical (unpaired) electrons. The van der Waals surface area contributed by atoms with E-state index in [1.54, 1.807) is 0 Å². The second kappa shape index (κ2) is 16.0. The summed E-state index contributed by atoms with van der Waals surface area (Å²) in [7, 11) is 0. The molecule has 0 aliphatic heterocycles. The molecule has 0 aromatic heterocycles. The lowest BCUT2D eigenvalue weighted by Gasteiger charge is -2.07. The van der Waals surface area contributed by atoms with Crippen LogP contribution in [0.1, 0.15) is 78.6 Å². The van der Waals surface area contributed by atoms with Crippen LogP contribution in [0.3, 0.4) is 0 Å². The SMILES string of the molecule is CCCCCCCOCCCCCCNCC(C)C. The predicted molar refractivity (Wildman–Crippen MR) is 85.8 cm³/mol. The summed E-state index contributed by atoms with van der Waals surface area (Å²) in [5, 5.41) is 3.49. The van der Waals surface area contributed by atoms with Crippen molar-refractivity contribution >= 4 is 0 Å². The highest BCUT2D eigenvalue weighted by molar-refractivity contribution is 4.52. The van der Waals surface area contributed by atoms with Crippen LogP contribution in [0.4, 0.5) is 0 Å². The van der Waals surface area contributed by atoms with Crippen LogP contribution in [-0.2, 0) is 4.74 Å². The number of nitrogens with one attached hydrogen (secondary N) is 1. The van der Waals surface area contributed by atoms with E-state index >= 15 is 0 Å². The first-order valence-corrected chi connectivity index (χ1v) is 8.55. The number of hydrogen-bond donors (Lipinski definition) is 1. The van der Waals surface area contributed by atoms with Gasteiger partial charge in [0.15, 0.2) is 0 Å². The van der Waals surface area contributed by atoms with E-state index in [4.69, 9.17) is 4.74 Å². The Morgan fingerprint density at radius 1 is 0.789 bits per heavy atom. The molecule has 2 heteroatoms. The van der Waals surface area contributed by atoms with Crippen molar-refractivity contribution in [3.63, 3.8) is 0 Å². The molecule has 0 amide bonds. The molecular weight excluding hydrogens is 234 g/mol. The summed E-state index contributed by atoms with van der Waals surface area (Å²) in [6, 6.07) is 0. The molecule has 116 valence electrons. The van der Waals surface area contributed by atoms with Gasteiger partial charge < -0.3 is 10.1 Å². The van der Waals surface area contributed by atoms with E-state index in [0.29, 0.717) is 0 Å². The highest BCUT2D eigenvalue weighted by Crippen LogP contribution is 2.03. The Bertz CT molecular complexity index is 159. The van der Waals surface area contributed by atoms with Gasteiger partial charge in [0.25, 0.3) is 0 Å². The van der Waals surface area contributed by atoms with Crippen LogP contribution in [0, 0.1) is 5.92 Å². The minimum absolute atomic E-state index is 0.769. The highest BCUT2D eigenvalue weighted by atomic mass is 16.5. The van der Waals surface area contributed by atoms with Crippen LogP contribution in [-0.4, -0.2) is 26.3 Å². The minimum Gasteiger partial charge on any atom is -0.381 e. The highest BCUT2D eigenvalue weighted by Gasteiger charge is 1.94. The molecule has 0 rings (SSSR count). The smallest absolute Gasteiger partial charge is 0.0466 e. The van der Waals surface area contributed by atoms with Crippen molar-refractivity contribution in [2.45, 2.75) is 78.6 Å². The summed E-state index contributed by atoms with van der Waals surface area (Å²) >= 11 is 0. The zero-order valence-electron chi connectivity index (χ0n) is 13.7. The molecule has 19 heavy (non-hydrogen) atoms. The number of rotatable bonds is 15. The molecule has 2 nitrogen and oxygen atoms in total. The molecule has 0 saturated heterocycles. The van der Waals surface area contributed by atoms with Gasteiger partial charge in [-0.25, -0.2) is 0 Å². The third kappa shape index (κ3) is 17.9. The van der Waals surface area contributed by atoms with E-state index in [0.717, 1.165) is 25.7 Å². The van der Waals surface area contributed by atoms with Gasteiger partial charge >= 0.3 is 0 Å². The van der Waals surface area contributed by atoms with Crippen LogP contribution in [0.15, 0.2) is 0 Å². The Morgan fingerprint density at radius 3 is 1.95 bits per heavy atom. The van der Waals surface area contributed by atoms with Crippen molar-refractivity contribution < 1.29 is 4.74 Å². The molecule has 1 N–H and O–H groups in total. The lowest BCUT2D eigenvalue weighted by atomic mass is 10.2. The van der Waals surface area contributed by atoms with Crippen LogP contribution >= 0.6 is 0 Å². The molecular formula is C17H37NO. The third-order valence-electron chi connectivity index (χ3n) is 3.34. The van der Waals surface area contributed by atoms with Gasteiger partial charge in [0.2, 0.25) is 0 Å². The largest absolute Gasteiger partial charge is 0.381 e. The zero-order valence-corrected chi connectivity index (χ0v) is 13.7. The summed E-state index contributed by atoms with van der Waals surface area (Å²) in [6.45, 7) is 11.0. The van der Waals surface area contributed by atoms with Gasteiger partial charge in [-0.1, -0.05) is 59.3 Å². The molecule has 0 bridgehead atoms. The quantitative estimate of drug-likeness (QED) is 0.433. The van der Waals surface area contributed by atoms with Crippen molar-refractivity contribution in [3.8, 4) is 0 Å². The monoisotopic (exact) mass is 271 g/mol. The van der Waals surface area contributed by atoms with Gasteiger partial charge in [-0.05, 0) is 38.3 Å². The van der Waals surface area contributed by atoms with Crippen molar-refractivity contribution in [3.05, 3.63) is 0 Å². The van der Waals surface area contributed by atoms with Crippen molar-refractivity contribution in [2.75, 3.05) is 26.3 Å². The van der Waals surface area contributed by atoms with Gasteiger partial charge in [0.05, 0.1) is 0 Å². The zero-order chi connectivity index (χ0) is 14.2. The lowest BCUT2D eigenvalue weighted by molar-refractivity contribution is 0.125. The molecule has 0 spiro atoms. The molecule has 0 saturated carbocycles. The number of ether oxygens (including phenoxy) is 1. The topological polar surface area (TPSA) is 21.3 Å². The van der Waals surface area contributed by atoms with Gasteiger partial charge in [0.1, 0.15) is 0 Å². The molecule has 0 aliphatic rings. The molecule has 0 atom stereocenters. The molecule has 0 aromatic rings. The third-order valence-corrected chi connectivity index (χ3v) is 3.34. The average molecular weight is 271 g/mol. The van der Waals surface area contributed by atoms with E-state index in [2.05, 4.69) is 26.1 Å². The van der Waals surface area contributed by atoms with E-state index in [1.807, 2.05) is 0 Å². The normalized spacial score (nSPS) is 11.4. The van der Waals surface area contributed by atoms with Crippen LogP contribution < -0.4 is 5.32 Å². The Morgan fingerprint density at radius 2 is 1.37 bits per heavy atom. The average Bonchev–Trinajstić information content (AvgIpc) is 2.39. The fourth-order valence-electron chi connectivity index (χ4n) is 2.11. The van der Waals surface area contributed by atoms with Crippen LogP contribution in [0.2, 0.25) is 0 Å². The Hall–Kier alpha value is -0.0800. The summed E-state index contributed by atoms with van der Waals surface area (Å²) in [5.74, 6) is 0.769. The summed E-state index contributed by atoms with van der Waals surface area (Å²) in [4.78, 5) is 0. The van der Waals surface area contributed by atoms with Gasteiger partial charge in [-0.2, -0.15) is 0 Å². The van der Waals surface area contributed by atoms with E-state index in [1.165, 1.54) is 64.3 Å². The molecule has 0 aliphatic carbocycles. The first-order chi connectivity index (χ1) is 9.27. The predicted octanol–water partition coefficient (Wildman–Crippen LogP) is 4.78. The Kier molecular flexibility index (Phi) is 15.9. The number of hydrogen-bond acceptors (Lipinski definition) is 2. The van der Waals surface area contributed by atoms with Gasteiger partial charge in [-0.3, -0.25) is 0 Å². The maximum atomic E-state index is 5.66. The van der Waals surface area contributed by atoms with Gasteiger partial charge in [-0.15, -0.1) is 0 Å². The Labute approximate surface area is 121 Å². The summed E-state index contributed by atoms with van der Waals surface area (Å²) in [6.07, 6.45) is 11.9. The van der Waals surface area contributed by atoms with Crippen LogP contribution in [0.5, 0.6) is 0 Å². The van der Waals surface area contributed by atoms with Crippen molar-refractivity contribution in [1.29, 1.82) is 0 Å². The fourth-order valence-corrected chi connectivity index (χ4v) is 2.11. The maximum absolute atomic E-state index is 5.66. The lowest BCUT2D eigenvalue weighted by Crippen LogP contribution is -2.20. The standard InChI is InChI=1S/C17H37NO/c1-4-5-6-8-11-14-19-15-12-9-7-10-13-18-16-17(2)3/h17-18H,4-16H2,1-3H3. The van der Waals surface area contributed by atoms with Gasteiger partial charge in [0, 0.05) is 13.2 Å². The van der Waals surface area contributed by atoms with Crippen molar-refractivity contribution in [2.24, 2.45) is 5.92 Å². The molecule has 0 heterocycles. The van der Waals surface area contributed by atoms with E-state index in [-0.39, 0.29) is 0 Å². The second-order valence-electron chi connectivity index (χ2n) is 6.04. The molecule has 0 fully saturated rings. The second-order valence-corrected chi connectivity index (χ2v) is 6.04. The number of unbranched alkanes of at least 4 members (excludes halogenated alkanes) is 7. The van der Waals surface area contributed by atoms with E-state index < -0.39 is 0 Å². The van der Waals surface area contributed by atoms with Crippen LogP contribution in [0.25, 0.3) is 0 Å². The molecule has 0 aromatic carbocycles. The summed E-state index contributed by atoms with van der Waals surface area (Å²) < 4.78 is 5.66. The maximum Gasteiger partial charge on any atom is 0.0466 e. The fraction of sp³-hybridized carbons (Fsp3) is 1.00. The Balaban J connectivity index is 2.91. The molecule has 0 unspecified atom stereocenters.